The van der Waals surface area contributed by atoms with Crippen LogP contribution in [0.25, 0.3) is 0 Å². The summed E-state index contributed by atoms with van der Waals surface area (Å²) in [6.45, 7) is 6.01. The Balaban J connectivity index is 2.00. The number of Topliss-reactive ketones (excluding diaryl/α,β-unsaturated/α-hetero) is 1. The van der Waals surface area contributed by atoms with Crippen molar-refractivity contribution in [2.24, 2.45) is 0 Å². The van der Waals surface area contributed by atoms with Crippen molar-refractivity contribution in [1.82, 2.24) is 5.32 Å². The SMILES string of the molecule is COC1CCCC2(C1)NC(=O)C(c1c(C)cc(C)cc1C)C2=O. The molecule has 2 aliphatic rings. The van der Waals surface area contributed by atoms with E-state index in [1.165, 1.54) is 0 Å². The topological polar surface area (TPSA) is 55.4 Å². The number of nitrogens with one attached hydrogen (secondary N) is 1. The molecule has 0 radical (unpaired) electrons. The zero-order valence-corrected chi connectivity index (χ0v) is 14.4. The zero-order valence-electron chi connectivity index (χ0n) is 14.4. The number of hydrogen-bond donors (Lipinski definition) is 1. The summed E-state index contributed by atoms with van der Waals surface area (Å²) in [5, 5.41) is 3.03. The number of hydrogen-bond acceptors (Lipinski definition) is 3. The minimum absolute atomic E-state index is 0.0271. The van der Waals surface area contributed by atoms with Crippen molar-refractivity contribution in [3.8, 4) is 0 Å². The largest absolute Gasteiger partial charge is 0.381 e. The van der Waals surface area contributed by atoms with Crippen LogP contribution >= 0.6 is 0 Å². The molecule has 0 bridgehead atoms. The van der Waals surface area contributed by atoms with Crippen LogP contribution in [0.5, 0.6) is 0 Å². The van der Waals surface area contributed by atoms with Gasteiger partial charge in [-0.05, 0) is 56.7 Å². The van der Waals surface area contributed by atoms with E-state index >= 15 is 0 Å². The summed E-state index contributed by atoms with van der Waals surface area (Å²) in [6, 6.07) is 4.10. The normalized spacial score (nSPS) is 30.8. The van der Waals surface area contributed by atoms with E-state index in [9.17, 15) is 9.59 Å². The van der Waals surface area contributed by atoms with Crippen LogP contribution in [-0.2, 0) is 14.3 Å². The Morgan fingerprint density at radius 1 is 1.17 bits per heavy atom. The number of benzene rings is 1. The van der Waals surface area contributed by atoms with E-state index in [-0.39, 0.29) is 17.8 Å². The lowest BCUT2D eigenvalue weighted by Gasteiger charge is -2.36. The molecule has 1 aromatic rings. The highest BCUT2D eigenvalue weighted by molar-refractivity contribution is 6.17. The van der Waals surface area contributed by atoms with Crippen LogP contribution < -0.4 is 5.32 Å². The highest BCUT2D eigenvalue weighted by atomic mass is 16.5. The Bertz CT molecular complexity index is 644. The molecule has 1 saturated carbocycles. The Morgan fingerprint density at radius 3 is 2.43 bits per heavy atom. The fraction of sp³-hybridized carbons (Fsp3) is 0.579. The molecule has 1 aromatic carbocycles. The van der Waals surface area contributed by atoms with Gasteiger partial charge in [0, 0.05) is 13.5 Å². The third kappa shape index (κ3) is 2.59. The fourth-order valence-electron chi connectivity index (χ4n) is 4.44. The van der Waals surface area contributed by atoms with E-state index in [1.807, 2.05) is 32.9 Å². The van der Waals surface area contributed by atoms with Gasteiger partial charge < -0.3 is 10.1 Å². The molecule has 1 spiro atoms. The Kier molecular flexibility index (Phi) is 4.05. The van der Waals surface area contributed by atoms with E-state index in [1.54, 1.807) is 7.11 Å². The molecule has 1 heterocycles. The van der Waals surface area contributed by atoms with Crippen LogP contribution in [0.1, 0.15) is 53.9 Å². The maximum atomic E-state index is 13.2. The molecule has 1 aliphatic heterocycles. The van der Waals surface area contributed by atoms with Crippen LogP contribution in [0.15, 0.2) is 12.1 Å². The summed E-state index contributed by atoms with van der Waals surface area (Å²) in [5.74, 6) is -0.799. The third-order valence-corrected chi connectivity index (χ3v) is 5.42. The highest BCUT2D eigenvalue weighted by Gasteiger charge is 2.55. The Hall–Kier alpha value is -1.68. The maximum absolute atomic E-state index is 13.2. The molecule has 3 rings (SSSR count). The van der Waals surface area contributed by atoms with Gasteiger partial charge in [0.2, 0.25) is 5.91 Å². The third-order valence-electron chi connectivity index (χ3n) is 5.42. The number of ether oxygens (including phenoxy) is 1. The number of amides is 1. The van der Waals surface area contributed by atoms with Gasteiger partial charge in [0.05, 0.1) is 6.10 Å². The van der Waals surface area contributed by atoms with Crippen molar-refractivity contribution < 1.29 is 14.3 Å². The van der Waals surface area contributed by atoms with Crippen LogP contribution in [0.3, 0.4) is 0 Å². The molecule has 2 fully saturated rings. The minimum atomic E-state index is -0.732. The molecule has 1 amide bonds. The predicted octanol–water partition coefficient (Wildman–Crippen LogP) is 2.72. The smallest absolute Gasteiger partial charge is 0.235 e. The lowest BCUT2D eigenvalue weighted by Crippen LogP contribution is -2.51. The second-order valence-electron chi connectivity index (χ2n) is 7.14. The van der Waals surface area contributed by atoms with Gasteiger partial charge in [-0.2, -0.15) is 0 Å². The molecule has 1 aliphatic carbocycles. The molecule has 23 heavy (non-hydrogen) atoms. The lowest BCUT2D eigenvalue weighted by atomic mass is 9.74. The first-order valence-electron chi connectivity index (χ1n) is 8.35. The number of aryl methyl sites for hydroxylation is 3. The van der Waals surface area contributed by atoms with Crippen LogP contribution in [0.2, 0.25) is 0 Å². The maximum Gasteiger partial charge on any atom is 0.235 e. The molecular formula is C19H25NO3. The quantitative estimate of drug-likeness (QED) is 0.854. The predicted molar refractivity (Wildman–Crippen MR) is 88.5 cm³/mol. The van der Waals surface area contributed by atoms with Crippen molar-refractivity contribution in [3.05, 3.63) is 34.4 Å². The molecule has 4 heteroatoms. The van der Waals surface area contributed by atoms with Gasteiger partial charge in [0.15, 0.2) is 5.78 Å². The minimum Gasteiger partial charge on any atom is -0.381 e. The molecular weight excluding hydrogens is 290 g/mol. The fourth-order valence-corrected chi connectivity index (χ4v) is 4.44. The van der Waals surface area contributed by atoms with E-state index in [4.69, 9.17) is 4.74 Å². The monoisotopic (exact) mass is 315 g/mol. The zero-order chi connectivity index (χ0) is 16.8. The lowest BCUT2D eigenvalue weighted by molar-refractivity contribution is -0.127. The summed E-state index contributed by atoms with van der Waals surface area (Å²) in [7, 11) is 1.68. The first kappa shape index (κ1) is 16.2. The van der Waals surface area contributed by atoms with E-state index in [0.29, 0.717) is 6.42 Å². The standard InChI is InChI=1S/C19H25NO3/c1-11-8-12(2)15(13(3)9-11)16-17(21)19(20-18(16)22)7-5-6-14(10-19)23-4/h8-9,14,16H,5-7,10H2,1-4H3,(H,20,22). The summed E-state index contributed by atoms with van der Waals surface area (Å²) < 4.78 is 5.46. The van der Waals surface area contributed by atoms with Crippen LogP contribution in [0, 0.1) is 20.8 Å². The van der Waals surface area contributed by atoms with E-state index in [2.05, 4.69) is 5.32 Å². The average molecular weight is 315 g/mol. The van der Waals surface area contributed by atoms with Crippen molar-refractivity contribution in [1.29, 1.82) is 0 Å². The molecule has 1 saturated heterocycles. The number of rotatable bonds is 2. The summed E-state index contributed by atoms with van der Waals surface area (Å²) in [6.07, 6.45) is 3.22. The van der Waals surface area contributed by atoms with Gasteiger partial charge in [-0.3, -0.25) is 9.59 Å². The summed E-state index contributed by atoms with van der Waals surface area (Å²) >= 11 is 0. The van der Waals surface area contributed by atoms with Crippen LogP contribution in [0.4, 0.5) is 0 Å². The first-order valence-corrected chi connectivity index (χ1v) is 8.35. The van der Waals surface area contributed by atoms with Crippen molar-refractivity contribution in [2.45, 2.75) is 64.0 Å². The molecule has 3 atom stereocenters. The Labute approximate surface area is 137 Å². The van der Waals surface area contributed by atoms with Gasteiger partial charge in [0.1, 0.15) is 11.5 Å². The summed E-state index contributed by atoms with van der Waals surface area (Å²) in [5.41, 5.74) is 3.35. The van der Waals surface area contributed by atoms with Gasteiger partial charge >= 0.3 is 0 Å². The second-order valence-corrected chi connectivity index (χ2v) is 7.14. The molecule has 1 N–H and O–H groups in total. The average Bonchev–Trinajstić information content (AvgIpc) is 2.70. The number of methoxy groups -OCH3 is 1. The molecule has 124 valence electrons. The van der Waals surface area contributed by atoms with Gasteiger partial charge in [0.25, 0.3) is 0 Å². The Morgan fingerprint density at radius 2 is 1.83 bits per heavy atom. The van der Waals surface area contributed by atoms with E-state index < -0.39 is 11.5 Å². The second kappa shape index (κ2) is 5.75. The van der Waals surface area contributed by atoms with Gasteiger partial charge in [-0.15, -0.1) is 0 Å². The number of ketones is 1. The van der Waals surface area contributed by atoms with Crippen LogP contribution in [-0.4, -0.2) is 30.4 Å². The first-order chi connectivity index (χ1) is 10.9. The van der Waals surface area contributed by atoms with E-state index in [0.717, 1.165) is 41.5 Å². The van der Waals surface area contributed by atoms with Crippen molar-refractivity contribution in [3.63, 3.8) is 0 Å². The molecule has 0 aromatic heterocycles. The molecule has 4 nitrogen and oxygen atoms in total. The van der Waals surface area contributed by atoms with Gasteiger partial charge in [-0.25, -0.2) is 0 Å². The van der Waals surface area contributed by atoms with Crippen molar-refractivity contribution in [2.75, 3.05) is 7.11 Å². The van der Waals surface area contributed by atoms with Gasteiger partial charge in [-0.1, -0.05) is 17.7 Å². The summed E-state index contributed by atoms with van der Waals surface area (Å²) in [4.78, 5) is 25.9. The number of carbonyl (C=O) groups is 2. The number of carbonyl (C=O) groups excluding carboxylic acids is 2. The molecule has 3 unspecified atom stereocenters. The van der Waals surface area contributed by atoms with Crippen molar-refractivity contribution >= 4 is 11.7 Å². The highest BCUT2D eigenvalue weighted by Crippen LogP contribution is 2.41.